The molecule has 0 radical (unpaired) electrons. The van der Waals surface area contributed by atoms with Gasteiger partial charge in [-0.05, 0) is 18.4 Å². The van der Waals surface area contributed by atoms with Crippen LogP contribution in [0, 0.1) is 0 Å². The van der Waals surface area contributed by atoms with E-state index in [1.54, 1.807) is 5.48 Å². The maximum Gasteiger partial charge on any atom is 0.323 e. The lowest BCUT2D eigenvalue weighted by atomic mass is 9.92. The molecule has 2 atom stereocenters. The van der Waals surface area contributed by atoms with E-state index in [0.29, 0.717) is 5.75 Å². The third-order valence-corrected chi connectivity index (χ3v) is 2.88. The van der Waals surface area contributed by atoms with Crippen molar-refractivity contribution in [1.82, 2.24) is 16.1 Å². The van der Waals surface area contributed by atoms with E-state index >= 15 is 0 Å². The van der Waals surface area contributed by atoms with Crippen molar-refractivity contribution in [2.24, 2.45) is 0 Å². The Bertz CT molecular complexity index is 275. The summed E-state index contributed by atoms with van der Waals surface area (Å²) >= 11 is 1.46. The van der Waals surface area contributed by atoms with Crippen molar-refractivity contribution >= 4 is 23.7 Å². The van der Waals surface area contributed by atoms with Crippen molar-refractivity contribution in [3.05, 3.63) is 0 Å². The molecule has 0 aromatic rings. The van der Waals surface area contributed by atoms with Crippen LogP contribution in [-0.4, -0.2) is 46.0 Å². The number of rotatable bonds is 4. The predicted octanol–water partition coefficient (Wildman–Crippen LogP) is -1.39. The van der Waals surface area contributed by atoms with Crippen molar-refractivity contribution in [3.63, 3.8) is 0 Å². The molecule has 7 nitrogen and oxygen atoms in total. The topological polar surface area (TPSA) is 111 Å². The summed E-state index contributed by atoms with van der Waals surface area (Å²) in [6.45, 7) is 0. The highest BCUT2D eigenvalue weighted by atomic mass is 32.2. The molecular formula is C7H13N3O4S. The second kappa shape index (κ2) is 4.79. The summed E-state index contributed by atoms with van der Waals surface area (Å²) in [6, 6.07) is -0.775. The summed E-state index contributed by atoms with van der Waals surface area (Å²) in [5.74, 6) is -0.191. The molecular weight excluding hydrogens is 222 g/mol. The SMILES string of the molecule is CSCCC1(NO)C(=O)NC(=O)NC1O. The normalized spacial score (nSPS) is 31.0. The molecule has 1 aliphatic rings. The summed E-state index contributed by atoms with van der Waals surface area (Å²) in [5.41, 5.74) is 0.210. The second-order valence-corrected chi connectivity index (χ2v) is 4.14. The van der Waals surface area contributed by atoms with Crippen LogP contribution in [0.2, 0.25) is 0 Å². The van der Waals surface area contributed by atoms with Crippen LogP contribution in [0.4, 0.5) is 4.79 Å². The Labute approximate surface area is 90.6 Å². The summed E-state index contributed by atoms with van der Waals surface area (Å²) in [5, 5.41) is 22.6. The van der Waals surface area contributed by atoms with Crippen LogP contribution in [0.5, 0.6) is 0 Å². The number of hydroxylamine groups is 1. The van der Waals surface area contributed by atoms with Crippen molar-refractivity contribution in [1.29, 1.82) is 0 Å². The molecule has 1 aliphatic heterocycles. The quantitative estimate of drug-likeness (QED) is 0.384. The first-order valence-electron chi connectivity index (χ1n) is 4.27. The lowest BCUT2D eigenvalue weighted by molar-refractivity contribution is -0.143. The minimum Gasteiger partial charge on any atom is -0.371 e. The van der Waals surface area contributed by atoms with E-state index in [0.717, 1.165) is 0 Å². The molecule has 0 spiro atoms. The van der Waals surface area contributed by atoms with E-state index in [9.17, 15) is 14.7 Å². The van der Waals surface area contributed by atoms with Crippen LogP contribution in [-0.2, 0) is 4.79 Å². The first-order valence-corrected chi connectivity index (χ1v) is 5.66. The Morgan fingerprint density at radius 3 is 2.73 bits per heavy atom. The fraction of sp³-hybridized carbons (Fsp3) is 0.714. The van der Waals surface area contributed by atoms with Crippen LogP contribution in [0.3, 0.4) is 0 Å². The number of aliphatic hydroxyl groups excluding tert-OH is 1. The van der Waals surface area contributed by atoms with Crippen molar-refractivity contribution in [3.8, 4) is 0 Å². The van der Waals surface area contributed by atoms with E-state index in [1.807, 2.05) is 11.6 Å². The van der Waals surface area contributed by atoms with Gasteiger partial charge in [-0.25, -0.2) is 4.79 Å². The van der Waals surface area contributed by atoms with Crippen LogP contribution in [0.25, 0.3) is 0 Å². The number of amides is 3. The fourth-order valence-electron chi connectivity index (χ4n) is 1.30. The highest BCUT2D eigenvalue weighted by molar-refractivity contribution is 7.98. The van der Waals surface area contributed by atoms with Gasteiger partial charge in [0.15, 0.2) is 11.8 Å². The van der Waals surface area contributed by atoms with Gasteiger partial charge >= 0.3 is 6.03 Å². The first-order chi connectivity index (χ1) is 7.06. The van der Waals surface area contributed by atoms with Gasteiger partial charge < -0.3 is 15.6 Å². The summed E-state index contributed by atoms with van der Waals surface area (Å²) < 4.78 is 0. The number of hydrogen-bond acceptors (Lipinski definition) is 6. The molecule has 0 aromatic heterocycles. The monoisotopic (exact) mass is 235 g/mol. The minimum atomic E-state index is -1.57. The van der Waals surface area contributed by atoms with Crippen molar-refractivity contribution in [2.45, 2.75) is 18.2 Å². The van der Waals surface area contributed by atoms with Gasteiger partial charge in [0, 0.05) is 0 Å². The number of aliphatic hydroxyl groups is 1. The summed E-state index contributed by atoms with van der Waals surface area (Å²) in [4.78, 5) is 22.4. The molecule has 1 fully saturated rings. The van der Waals surface area contributed by atoms with E-state index < -0.39 is 23.7 Å². The van der Waals surface area contributed by atoms with Gasteiger partial charge in [0.05, 0.1) is 0 Å². The lowest BCUT2D eigenvalue weighted by Gasteiger charge is -2.38. The van der Waals surface area contributed by atoms with Gasteiger partial charge in [0.1, 0.15) is 0 Å². The number of hydrogen-bond donors (Lipinski definition) is 5. The molecule has 0 aromatic carbocycles. The smallest absolute Gasteiger partial charge is 0.323 e. The number of urea groups is 1. The average Bonchev–Trinajstić information content (AvgIpc) is 2.17. The zero-order chi connectivity index (χ0) is 11.5. The first kappa shape index (κ1) is 12.2. The minimum absolute atomic E-state index is 0.192. The van der Waals surface area contributed by atoms with Crippen LogP contribution in [0.1, 0.15) is 6.42 Å². The van der Waals surface area contributed by atoms with Gasteiger partial charge in [-0.1, -0.05) is 0 Å². The van der Waals surface area contributed by atoms with Crippen LogP contribution < -0.4 is 16.1 Å². The number of carbonyl (C=O) groups excluding carboxylic acids is 2. The van der Waals surface area contributed by atoms with E-state index in [4.69, 9.17) is 5.21 Å². The number of imide groups is 1. The molecule has 8 heteroatoms. The lowest BCUT2D eigenvalue weighted by Crippen LogP contribution is -2.74. The molecule has 0 aliphatic carbocycles. The number of carbonyl (C=O) groups is 2. The molecule has 2 unspecified atom stereocenters. The van der Waals surface area contributed by atoms with E-state index in [-0.39, 0.29) is 6.42 Å². The van der Waals surface area contributed by atoms with E-state index in [2.05, 4.69) is 5.32 Å². The molecule has 15 heavy (non-hydrogen) atoms. The molecule has 86 valence electrons. The summed E-state index contributed by atoms with van der Waals surface area (Å²) in [6.07, 6.45) is 0.574. The molecule has 1 saturated heterocycles. The Morgan fingerprint density at radius 1 is 1.60 bits per heavy atom. The molecule has 1 rings (SSSR count). The molecule has 0 bridgehead atoms. The standard InChI is InChI=1S/C7H13N3O4S/c1-15-3-2-7(10-14)4(11)8-6(13)9-5(7)12/h4,10-11,14H,2-3H2,1H3,(H2,8,9,12,13). The second-order valence-electron chi connectivity index (χ2n) is 3.16. The third kappa shape index (κ3) is 2.23. The Morgan fingerprint density at radius 2 is 2.27 bits per heavy atom. The molecule has 3 amide bonds. The predicted molar refractivity (Wildman–Crippen MR) is 53.3 cm³/mol. The fourth-order valence-corrected chi connectivity index (χ4v) is 1.83. The molecule has 5 N–H and O–H groups in total. The average molecular weight is 235 g/mol. The van der Waals surface area contributed by atoms with Crippen LogP contribution >= 0.6 is 11.8 Å². The maximum absolute atomic E-state index is 11.5. The Balaban J connectivity index is 2.84. The third-order valence-electron chi connectivity index (χ3n) is 2.27. The highest BCUT2D eigenvalue weighted by Crippen LogP contribution is 2.19. The van der Waals surface area contributed by atoms with Crippen molar-refractivity contribution in [2.75, 3.05) is 12.0 Å². The van der Waals surface area contributed by atoms with Gasteiger partial charge in [0.25, 0.3) is 5.91 Å². The van der Waals surface area contributed by atoms with Gasteiger partial charge in [-0.2, -0.15) is 17.2 Å². The van der Waals surface area contributed by atoms with Crippen LogP contribution in [0.15, 0.2) is 0 Å². The maximum atomic E-state index is 11.5. The Kier molecular flexibility index (Phi) is 3.91. The molecule has 0 saturated carbocycles. The number of thioether (sulfide) groups is 1. The summed E-state index contributed by atoms with van der Waals surface area (Å²) in [7, 11) is 0. The van der Waals surface area contributed by atoms with Gasteiger partial charge in [0.2, 0.25) is 0 Å². The zero-order valence-electron chi connectivity index (χ0n) is 8.11. The van der Waals surface area contributed by atoms with Gasteiger partial charge in [-0.3, -0.25) is 10.1 Å². The zero-order valence-corrected chi connectivity index (χ0v) is 8.93. The van der Waals surface area contributed by atoms with Gasteiger partial charge in [-0.15, -0.1) is 0 Å². The Hall–Kier alpha value is -0.830. The highest BCUT2D eigenvalue weighted by Gasteiger charge is 2.49. The number of nitrogens with one attached hydrogen (secondary N) is 3. The van der Waals surface area contributed by atoms with Crippen molar-refractivity contribution < 1.29 is 19.9 Å². The molecule has 1 heterocycles. The largest absolute Gasteiger partial charge is 0.371 e. The van der Waals surface area contributed by atoms with E-state index in [1.165, 1.54) is 11.8 Å².